The number of pyridine rings is 1. The van der Waals surface area contributed by atoms with Gasteiger partial charge < -0.3 is 26.0 Å². The number of likely N-dealkylation sites (tertiary alicyclic amines) is 1. The zero-order valence-corrected chi connectivity index (χ0v) is 28.0. The lowest BCUT2D eigenvalue weighted by atomic mass is 9.77. The molecule has 1 aliphatic heterocycles. The Balaban J connectivity index is 1.27. The van der Waals surface area contributed by atoms with Gasteiger partial charge in [0.05, 0.1) is 11.2 Å². The molecule has 1 aliphatic carbocycles. The molecule has 11 nitrogen and oxygen atoms in total. The molecule has 0 radical (unpaired) electrons. The highest BCUT2D eigenvalue weighted by atomic mass is 35.5. The van der Waals surface area contributed by atoms with Crippen LogP contribution in [0.3, 0.4) is 0 Å². The summed E-state index contributed by atoms with van der Waals surface area (Å²) in [6, 6.07) is 11.1. The molecule has 13 heteroatoms. The minimum atomic E-state index is -1.17. The van der Waals surface area contributed by atoms with Crippen molar-refractivity contribution in [2.75, 3.05) is 18.4 Å². The molecule has 2 fully saturated rings. The van der Waals surface area contributed by atoms with Crippen molar-refractivity contribution in [3.63, 3.8) is 0 Å². The topological polar surface area (TPSA) is 158 Å². The molecule has 1 saturated heterocycles. The molecular formula is C35H39Cl2N5O6. The summed E-state index contributed by atoms with van der Waals surface area (Å²) in [5, 5.41) is 18.8. The van der Waals surface area contributed by atoms with Gasteiger partial charge in [0.1, 0.15) is 12.1 Å². The third-order valence-electron chi connectivity index (χ3n) is 9.38. The third-order valence-corrected chi connectivity index (χ3v) is 9.81. The molecule has 1 aromatic heterocycles. The molecule has 254 valence electrons. The van der Waals surface area contributed by atoms with Crippen LogP contribution in [0.4, 0.5) is 5.69 Å². The second kappa shape index (κ2) is 15.8. The molecule has 4 N–H and O–H groups in total. The average molecular weight is 697 g/mol. The first-order chi connectivity index (χ1) is 23.0. The average Bonchev–Trinajstić information content (AvgIpc) is 3.52. The van der Waals surface area contributed by atoms with Crippen LogP contribution in [0.1, 0.15) is 74.6 Å². The lowest BCUT2D eigenvalue weighted by Gasteiger charge is -2.40. The van der Waals surface area contributed by atoms with Crippen LogP contribution in [-0.2, 0) is 19.2 Å². The summed E-state index contributed by atoms with van der Waals surface area (Å²) in [5.41, 5.74) is 1.42. The van der Waals surface area contributed by atoms with Crippen molar-refractivity contribution in [1.82, 2.24) is 20.5 Å². The van der Waals surface area contributed by atoms with Gasteiger partial charge in [-0.2, -0.15) is 0 Å². The lowest BCUT2D eigenvalue weighted by molar-refractivity contribution is -0.138. The smallest absolute Gasteiger partial charge is 0.303 e. The van der Waals surface area contributed by atoms with E-state index in [-0.39, 0.29) is 52.6 Å². The number of carboxylic acid groups (broad SMARTS) is 1. The van der Waals surface area contributed by atoms with Crippen LogP contribution in [-0.4, -0.2) is 69.8 Å². The number of fused-ring (bicyclic) bond motifs is 1. The van der Waals surface area contributed by atoms with E-state index in [1.165, 1.54) is 43.9 Å². The number of rotatable bonds is 12. The highest BCUT2D eigenvalue weighted by Gasteiger charge is 2.39. The van der Waals surface area contributed by atoms with Crippen LogP contribution in [0.25, 0.3) is 10.9 Å². The molecule has 2 heterocycles. The van der Waals surface area contributed by atoms with E-state index >= 15 is 0 Å². The van der Waals surface area contributed by atoms with E-state index in [1.54, 1.807) is 29.3 Å². The quantitative estimate of drug-likeness (QED) is 0.192. The van der Waals surface area contributed by atoms with Gasteiger partial charge in [-0.1, -0.05) is 54.2 Å². The Labute approximate surface area is 288 Å². The van der Waals surface area contributed by atoms with E-state index < -0.39 is 35.8 Å². The number of halogens is 2. The third kappa shape index (κ3) is 9.02. The minimum Gasteiger partial charge on any atom is -0.481 e. The summed E-state index contributed by atoms with van der Waals surface area (Å²) in [7, 11) is 0. The maximum absolute atomic E-state index is 13.8. The zero-order valence-electron chi connectivity index (χ0n) is 26.5. The van der Waals surface area contributed by atoms with Gasteiger partial charge in [0.2, 0.25) is 17.7 Å². The summed E-state index contributed by atoms with van der Waals surface area (Å²) >= 11 is 12.2. The number of para-hydroxylation sites is 1. The van der Waals surface area contributed by atoms with Gasteiger partial charge in [-0.05, 0) is 74.3 Å². The monoisotopic (exact) mass is 695 g/mol. The Kier molecular flexibility index (Phi) is 11.5. The number of carbonyl (C=O) groups excluding carboxylic acids is 4. The number of carbonyl (C=O) groups is 5. The molecule has 48 heavy (non-hydrogen) atoms. The van der Waals surface area contributed by atoms with Gasteiger partial charge in [-0.15, -0.1) is 0 Å². The molecule has 2 atom stereocenters. The number of benzene rings is 2. The van der Waals surface area contributed by atoms with E-state index in [1.807, 2.05) is 12.1 Å². The lowest BCUT2D eigenvalue weighted by Crippen LogP contribution is -2.52. The summed E-state index contributed by atoms with van der Waals surface area (Å²) in [6.07, 6.45) is 7.35. The van der Waals surface area contributed by atoms with Gasteiger partial charge in [-0.25, -0.2) is 0 Å². The van der Waals surface area contributed by atoms with Crippen LogP contribution in [0.5, 0.6) is 0 Å². The van der Waals surface area contributed by atoms with Crippen LogP contribution in [0.15, 0.2) is 54.7 Å². The standard InChI is InChI=1S/C35H39Cl2N5O6/c36-24-19-23(20-25(37)21-24)32(46)41-28(34(48)42-17-14-35(15-18-42)12-1-2-13-35)8-10-29(43)39-27(9-11-30(44)45)33(47)40-26-7-3-5-22-6-4-16-38-31(22)26/h3-7,16,19-21,27-28H,1-2,8-15,17-18H2,(H,39,43)(H,40,47)(H,41,46)(H,44,45)/t27-,28+/m0/s1. The fourth-order valence-electron chi connectivity index (χ4n) is 6.73. The molecular weight excluding hydrogens is 657 g/mol. The normalized spacial score (nSPS) is 16.7. The van der Waals surface area contributed by atoms with Crippen molar-refractivity contribution in [3.05, 3.63) is 70.3 Å². The van der Waals surface area contributed by atoms with Crippen molar-refractivity contribution < 1.29 is 29.1 Å². The number of amides is 4. The second-order valence-corrected chi connectivity index (χ2v) is 13.6. The number of nitrogens with zero attached hydrogens (tertiary/aromatic N) is 2. The number of hydrogen-bond donors (Lipinski definition) is 4. The number of carboxylic acids is 1. The Morgan fingerprint density at radius 3 is 2.21 bits per heavy atom. The number of aliphatic carboxylic acids is 1. The molecule has 2 aromatic carbocycles. The van der Waals surface area contributed by atoms with Gasteiger partial charge >= 0.3 is 5.97 Å². The molecule has 4 amide bonds. The first-order valence-electron chi connectivity index (χ1n) is 16.2. The van der Waals surface area contributed by atoms with E-state index in [0.29, 0.717) is 24.3 Å². The fraction of sp³-hybridized carbons (Fsp3) is 0.429. The second-order valence-electron chi connectivity index (χ2n) is 12.7. The van der Waals surface area contributed by atoms with Gasteiger partial charge in [-0.3, -0.25) is 29.0 Å². The SMILES string of the molecule is O=C(O)CC[C@H](NC(=O)CC[C@@H](NC(=O)c1cc(Cl)cc(Cl)c1)C(=O)N1CCC2(CCCC2)CC1)C(=O)Nc1cccc2cccnc12. The Morgan fingerprint density at radius 2 is 1.52 bits per heavy atom. The molecule has 1 spiro atoms. The summed E-state index contributed by atoms with van der Waals surface area (Å²) < 4.78 is 0. The molecule has 2 aliphatic rings. The molecule has 3 aromatic rings. The first-order valence-corrected chi connectivity index (χ1v) is 17.0. The predicted octanol–water partition coefficient (Wildman–Crippen LogP) is 5.59. The van der Waals surface area contributed by atoms with Gasteiger partial charge in [0.15, 0.2) is 0 Å². The van der Waals surface area contributed by atoms with Crippen LogP contribution < -0.4 is 16.0 Å². The van der Waals surface area contributed by atoms with Crippen molar-refractivity contribution in [2.45, 2.75) is 76.3 Å². The first kappa shape index (κ1) is 35.1. The zero-order chi connectivity index (χ0) is 34.3. The van der Waals surface area contributed by atoms with Crippen LogP contribution in [0, 0.1) is 5.41 Å². The van der Waals surface area contributed by atoms with E-state index in [4.69, 9.17) is 23.2 Å². The van der Waals surface area contributed by atoms with Crippen molar-refractivity contribution in [3.8, 4) is 0 Å². The number of anilines is 1. The van der Waals surface area contributed by atoms with E-state index in [9.17, 15) is 29.1 Å². The van der Waals surface area contributed by atoms with E-state index in [2.05, 4.69) is 20.9 Å². The maximum Gasteiger partial charge on any atom is 0.303 e. The number of hydrogen-bond acceptors (Lipinski definition) is 6. The highest BCUT2D eigenvalue weighted by molar-refractivity contribution is 6.35. The summed E-state index contributed by atoms with van der Waals surface area (Å²) in [6.45, 7) is 1.14. The number of piperidine rings is 1. The molecule has 0 bridgehead atoms. The van der Waals surface area contributed by atoms with Crippen molar-refractivity contribution in [2.24, 2.45) is 5.41 Å². The summed E-state index contributed by atoms with van der Waals surface area (Å²) in [5.74, 6) is -3.15. The fourth-order valence-corrected chi connectivity index (χ4v) is 7.26. The predicted molar refractivity (Wildman–Crippen MR) is 183 cm³/mol. The van der Waals surface area contributed by atoms with Gasteiger partial charge in [0.25, 0.3) is 5.91 Å². The Hall–Kier alpha value is -4.22. The van der Waals surface area contributed by atoms with Crippen molar-refractivity contribution >= 4 is 69.4 Å². The summed E-state index contributed by atoms with van der Waals surface area (Å²) in [4.78, 5) is 71.1. The molecule has 0 unspecified atom stereocenters. The van der Waals surface area contributed by atoms with Crippen LogP contribution in [0.2, 0.25) is 10.0 Å². The van der Waals surface area contributed by atoms with Crippen LogP contribution >= 0.6 is 23.2 Å². The van der Waals surface area contributed by atoms with E-state index in [0.717, 1.165) is 18.2 Å². The minimum absolute atomic E-state index is 0.0488. The highest BCUT2D eigenvalue weighted by Crippen LogP contribution is 2.46. The molecule has 1 saturated carbocycles. The Bertz CT molecular complexity index is 1660. The Morgan fingerprint density at radius 1 is 0.854 bits per heavy atom. The number of nitrogens with one attached hydrogen (secondary N) is 3. The number of aromatic nitrogens is 1. The maximum atomic E-state index is 13.8. The molecule has 5 rings (SSSR count). The van der Waals surface area contributed by atoms with Crippen molar-refractivity contribution in [1.29, 1.82) is 0 Å². The largest absolute Gasteiger partial charge is 0.481 e. The van der Waals surface area contributed by atoms with Gasteiger partial charge in [0, 0.05) is 53.1 Å².